The molecule has 0 saturated carbocycles. The number of sulfonamides is 1. The number of rotatable bonds is 7. The first-order valence-electron chi connectivity index (χ1n) is 7.12. The Bertz CT molecular complexity index is 911. The summed E-state index contributed by atoms with van der Waals surface area (Å²) >= 11 is 5.82. The van der Waals surface area contributed by atoms with Gasteiger partial charge in [-0.3, -0.25) is 4.31 Å². The van der Waals surface area contributed by atoms with E-state index in [0.717, 1.165) is 10.4 Å². The molecule has 0 fully saturated rings. The summed E-state index contributed by atoms with van der Waals surface area (Å²) in [5.74, 6) is -0.949. The van der Waals surface area contributed by atoms with Crippen molar-refractivity contribution >= 4 is 33.3 Å². The number of carbonyl (C=O) groups is 1. The second kappa shape index (κ2) is 7.58. The first-order valence-corrected chi connectivity index (χ1v) is 8.94. The fraction of sp³-hybridized carbons (Fsp3) is 0.118. The molecule has 0 amide bonds. The zero-order chi connectivity index (χ0) is 18.6. The van der Waals surface area contributed by atoms with Crippen LogP contribution in [-0.4, -0.2) is 33.1 Å². The highest BCUT2D eigenvalue weighted by Crippen LogP contribution is 2.33. The van der Waals surface area contributed by atoms with Crippen LogP contribution in [-0.2, 0) is 10.0 Å². The van der Waals surface area contributed by atoms with E-state index >= 15 is 0 Å². The number of hydrogen-bond acceptors (Lipinski definition) is 4. The summed E-state index contributed by atoms with van der Waals surface area (Å²) in [6.07, 6.45) is 1.43. The Kier molecular flexibility index (Phi) is 5.71. The number of ether oxygens (including phenoxy) is 1. The van der Waals surface area contributed by atoms with Gasteiger partial charge in [0.05, 0.1) is 34.8 Å². The molecule has 0 unspecified atom stereocenters. The Labute approximate surface area is 151 Å². The number of carboxylic acid groups (broad SMARTS) is 1. The smallest absolute Gasteiger partial charge is 0.337 e. The molecule has 6 nitrogen and oxygen atoms in total. The standard InChI is InChI=1S/C17H16ClNO5S/c1-3-10-19(15-6-4-5-7-16(15)24-2)25(22,23)12-8-9-14(18)13(11-12)17(20)21/h3-9,11H,1,10H2,2H3,(H,20,21). The van der Waals surface area contributed by atoms with Crippen LogP contribution in [0, 0.1) is 0 Å². The van der Waals surface area contributed by atoms with Gasteiger partial charge < -0.3 is 9.84 Å². The third-order valence-electron chi connectivity index (χ3n) is 3.41. The van der Waals surface area contributed by atoms with Gasteiger partial charge >= 0.3 is 5.97 Å². The summed E-state index contributed by atoms with van der Waals surface area (Å²) in [6, 6.07) is 10.1. The molecule has 132 valence electrons. The van der Waals surface area contributed by atoms with Crippen molar-refractivity contribution in [3.63, 3.8) is 0 Å². The summed E-state index contributed by atoms with van der Waals surface area (Å²) in [6.45, 7) is 3.57. The molecule has 1 N–H and O–H groups in total. The SMILES string of the molecule is C=CCN(c1ccccc1OC)S(=O)(=O)c1ccc(Cl)c(C(=O)O)c1. The second-order valence-electron chi connectivity index (χ2n) is 4.94. The monoisotopic (exact) mass is 381 g/mol. The third-order valence-corrected chi connectivity index (χ3v) is 5.51. The molecular weight excluding hydrogens is 366 g/mol. The Morgan fingerprint density at radius 2 is 2.00 bits per heavy atom. The van der Waals surface area contributed by atoms with E-state index < -0.39 is 16.0 Å². The number of methoxy groups -OCH3 is 1. The minimum absolute atomic E-state index is 0.0201. The normalized spacial score (nSPS) is 11.0. The van der Waals surface area contributed by atoms with Crippen molar-refractivity contribution in [2.45, 2.75) is 4.90 Å². The van der Waals surface area contributed by atoms with Crippen LogP contribution in [0.5, 0.6) is 5.75 Å². The molecule has 2 aromatic carbocycles. The number of halogens is 1. The molecule has 0 bridgehead atoms. The first kappa shape index (κ1) is 18.8. The molecule has 0 aliphatic heterocycles. The van der Waals surface area contributed by atoms with Crippen LogP contribution in [0.1, 0.15) is 10.4 Å². The average molecular weight is 382 g/mol. The number of hydrogen-bond donors (Lipinski definition) is 1. The number of para-hydroxylation sites is 2. The first-order chi connectivity index (χ1) is 11.8. The summed E-state index contributed by atoms with van der Waals surface area (Å²) < 4.78 is 32.4. The second-order valence-corrected chi connectivity index (χ2v) is 7.21. The van der Waals surface area contributed by atoms with Gasteiger partial charge in [-0.2, -0.15) is 0 Å². The van der Waals surface area contributed by atoms with Crippen molar-refractivity contribution in [2.75, 3.05) is 18.0 Å². The Morgan fingerprint density at radius 1 is 1.32 bits per heavy atom. The maximum atomic E-state index is 13.1. The van der Waals surface area contributed by atoms with Crippen LogP contribution in [0.3, 0.4) is 0 Å². The zero-order valence-corrected chi connectivity index (χ0v) is 14.9. The molecular formula is C17H16ClNO5S. The lowest BCUT2D eigenvalue weighted by Crippen LogP contribution is -2.31. The third kappa shape index (κ3) is 3.78. The maximum Gasteiger partial charge on any atom is 0.337 e. The summed E-state index contributed by atoms with van der Waals surface area (Å²) in [7, 11) is -2.63. The van der Waals surface area contributed by atoms with Crippen molar-refractivity contribution in [3.8, 4) is 5.75 Å². The summed E-state index contributed by atoms with van der Waals surface area (Å²) in [5.41, 5.74) is 0.0260. The number of benzene rings is 2. The molecule has 0 atom stereocenters. The average Bonchev–Trinajstić information content (AvgIpc) is 2.59. The zero-order valence-electron chi connectivity index (χ0n) is 13.3. The molecule has 0 radical (unpaired) electrons. The van der Waals surface area contributed by atoms with Crippen LogP contribution in [0.25, 0.3) is 0 Å². The van der Waals surface area contributed by atoms with Crippen molar-refractivity contribution < 1.29 is 23.1 Å². The summed E-state index contributed by atoms with van der Waals surface area (Å²) in [4.78, 5) is 11.0. The highest BCUT2D eigenvalue weighted by molar-refractivity contribution is 7.92. The van der Waals surface area contributed by atoms with Crippen LogP contribution in [0.15, 0.2) is 60.0 Å². The van der Waals surface area contributed by atoms with E-state index in [9.17, 15) is 13.2 Å². The number of carboxylic acids is 1. The highest BCUT2D eigenvalue weighted by Gasteiger charge is 2.27. The lowest BCUT2D eigenvalue weighted by molar-refractivity contribution is 0.0697. The van der Waals surface area contributed by atoms with E-state index in [1.807, 2.05) is 0 Å². The van der Waals surface area contributed by atoms with Gasteiger partial charge in [0.1, 0.15) is 5.75 Å². The molecule has 25 heavy (non-hydrogen) atoms. The minimum Gasteiger partial charge on any atom is -0.495 e. The van der Waals surface area contributed by atoms with E-state index in [4.69, 9.17) is 21.4 Å². The predicted molar refractivity (Wildman–Crippen MR) is 96.1 cm³/mol. The Morgan fingerprint density at radius 3 is 2.60 bits per heavy atom. The van der Waals surface area contributed by atoms with Gasteiger partial charge in [0, 0.05) is 0 Å². The van der Waals surface area contributed by atoms with Gasteiger partial charge in [0.2, 0.25) is 0 Å². The van der Waals surface area contributed by atoms with Crippen LogP contribution in [0.2, 0.25) is 5.02 Å². The topological polar surface area (TPSA) is 83.9 Å². The lowest BCUT2D eigenvalue weighted by Gasteiger charge is -2.25. The van der Waals surface area contributed by atoms with Crippen LogP contribution in [0.4, 0.5) is 5.69 Å². The quantitative estimate of drug-likeness (QED) is 0.743. The molecule has 0 saturated heterocycles. The van der Waals surface area contributed by atoms with E-state index in [-0.39, 0.29) is 22.0 Å². The molecule has 8 heteroatoms. The fourth-order valence-corrected chi connectivity index (χ4v) is 3.91. The molecule has 0 heterocycles. The van der Waals surface area contributed by atoms with Gasteiger partial charge in [-0.05, 0) is 30.3 Å². The Hall–Kier alpha value is -2.51. The minimum atomic E-state index is -4.06. The summed E-state index contributed by atoms with van der Waals surface area (Å²) in [5, 5.41) is 9.13. The Balaban J connectivity index is 2.63. The number of anilines is 1. The van der Waals surface area contributed by atoms with Crippen LogP contribution >= 0.6 is 11.6 Å². The molecule has 2 rings (SSSR count). The highest BCUT2D eigenvalue weighted by atomic mass is 35.5. The molecule has 0 spiro atoms. The van der Waals surface area contributed by atoms with Crippen molar-refractivity contribution in [1.82, 2.24) is 0 Å². The van der Waals surface area contributed by atoms with Gasteiger partial charge in [0.25, 0.3) is 10.0 Å². The number of nitrogens with zero attached hydrogens (tertiary/aromatic N) is 1. The fourth-order valence-electron chi connectivity index (χ4n) is 2.23. The van der Waals surface area contributed by atoms with Gasteiger partial charge in [-0.15, -0.1) is 6.58 Å². The lowest BCUT2D eigenvalue weighted by atomic mass is 10.2. The van der Waals surface area contributed by atoms with Gasteiger partial charge in [-0.1, -0.05) is 29.8 Å². The van der Waals surface area contributed by atoms with E-state index in [2.05, 4.69) is 6.58 Å². The molecule has 2 aromatic rings. The number of aromatic carboxylic acids is 1. The van der Waals surface area contributed by atoms with Crippen molar-refractivity contribution in [2.24, 2.45) is 0 Å². The van der Waals surface area contributed by atoms with Crippen molar-refractivity contribution in [1.29, 1.82) is 0 Å². The molecule has 0 aliphatic rings. The van der Waals surface area contributed by atoms with Crippen LogP contribution < -0.4 is 9.04 Å². The van der Waals surface area contributed by atoms with E-state index in [1.165, 1.54) is 25.3 Å². The van der Waals surface area contributed by atoms with E-state index in [0.29, 0.717) is 11.4 Å². The van der Waals surface area contributed by atoms with Gasteiger partial charge in [-0.25, -0.2) is 13.2 Å². The maximum absolute atomic E-state index is 13.1. The molecule has 0 aliphatic carbocycles. The largest absolute Gasteiger partial charge is 0.495 e. The predicted octanol–water partition coefficient (Wildman–Crippen LogP) is 3.43. The molecule has 0 aromatic heterocycles. The van der Waals surface area contributed by atoms with Crippen molar-refractivity contribution in [3.05, 3.63) is 65.7 Å². The van der Waals surface area contributed by atoms with E-state index in [1.54, 1.807) is 24.3 Å². The van der Waals surface area contributed by atoms with Gasteiger partial charge in [0.15, 0.2) is 0 Å².